The Morgan fingerprint density at radius 3 is 2.68 bits per heavy atom. The van der Waals surface area contributed by atoms with Crippen LogP contribution in [0.15, 0.2) is 29.3 Å². The van der Waals surface area contributed by atoms with Crippen molar-refractivity contribution in [3.8, 4) is 5.75 Å². The summed E-state index contributed by atoms with van der Waals surface area (Å²) in [5, 5.41) is 6.70. The number of aliphatic imine (C=N–C) groups is 1. The predicted octanol–water partition coefficient (Wildman–Crippen LogP) is 3.28. The molecule has 0 unspecified atom stereocenters. The first-order valence-corrected chi connectivity index (χ1v) is 9.02. The summed E-state index contributed by atoms with van der Waals surface area (Å²) < 4.78 is 5.71. The van der Waals surface area contributed by atoms with Crippen molar-refractivity contribution < 1.29 is 4.74 Å². The number of guanidine groups is 1. The molecule has 0 saturated heterocycles. The maximum Gasteiger partial charge on any atom is 0.191 e. The Hall–Kier alpha value is -1.36. The lowest BCUT2D eigenvalue weighted by molar-refractivity contribution is 0.340. The number of hydrogen-bond acceptors (Lipinski definition) is 3. The van der Waals surface area contributed by atoms with E-state index in [9.17, 15) is 0 Å². The van der Waals surface area contributed by atoms with Crippen molar-refractivity contribution in [1.29, 1.82) is 0 Å². The van der Waals surface area contributed by atoms with Crippen LogP contribution in [0.2, 0.25) is 0 Å². The molecule has 124 valence electrons. The molecule has 0 amide bonds. The van der Waals surface area contributed by atoms with Gasteiger partial charge in [-0.1, -0.05) is 12.1 Å². The Balaban J connectivity index is 2.67. The smallest absolute Gasteiger partial charge is 0.191 e. The van der Waals surface area contributed by atoms with Crippen molar-refractivity contribution in [3.05, 3.63) is 29.8 Å². The predicted molar refractivity (Wildman–Crippen MR) is 98.0 cm³/mol. The molecule has 1 aromatic carbocycles. The van der Waals surface area contributed by atoms with Gasteiger partial charge in [0.2, 0.25) is 0 Å². The minimum atomic E-state index is 0.186. The van der Waals surface area contributed by atoms with Gasteiger partial charge in [0.05, 0.1) is 13.2 Å². The standard InChI is InChI=1S/C17H29N3OS/c1-6-18-16(20-13-17(3,4)22-5)19-12-14-9-8-10-15(11-14)21-7-2/h8-11H,6-7,12-13H2,1-5H3,(H2,18,19,20). The Morgan fingerprint density at radius 1 is 1.27 bits per heavy atom. The molecular formula is C17H29N3OS. The molecule has 1 rings (SSSR count). The molecule has 0 spiro atoms. The molecule has 2 N–H and O–H groups in total. The fraction of sp³-hybridized carbons (Fsp3) is 0.588. The van der Waals surface area contributed by atoms with Gasteiger partial charge in [-0.3, -0.25) is 0 Å². The van der Waals surface area contributed by atoms with Gasteiger partial charge in [0, 0.05) is 17.8 Å². The fourth-order valence-corrected chi connectivity index (χ4v) is 2.00. The second kappa shape index (κ2) is 9.62. The van der Waals surface area contributed by atoms with Crippen LogP contribution in [-0.4, -0.2) is 36.7 Å². The van der Waals surface area contributed by atoms with Crippen molar-refractivity contribution in [2.24, 2.45) is 4.99 Å². The van der Waals surface area contributed by atoms with Crippen molar-refractivity contribution in [2.75, 3.05) is 26.0 Å². The van der Waals surface area contributed by atoms with Crippen molar-refractivity contribution in [1.82, 2.24) is 10.6 Å². The molecule has 0 radical (unpaired) electrons. The minimum Gasteiger partial charge on any atom is -0.494 e. The highest BCUT2D eigenvalue weighted by molar-refractivity contribution is 7.99. The Labute approximate surface area is 139 Å². The second-order valence-electron chi connectivity index (χ2n) is 5.59. The lowest BCUT2D eigenvalue weighted by atomic mass is 10.2. The van der Waals surface area contributed by atoms with Gasteiger partial charge in [-0.05, 0) is 51.6 Å². The van der Waals surface area contributed by atoms with E-state index in [4.69, 9.17) is 4.74 Å². The van der Waals surface area contributed by atoms with Gasteiger partial charge in [-0.2, -0.15) is 11.8 Å². The quantitative estimate of drug-likeness (QED) is 0.569. The van der Waals surface area contributed by atoms with E-state index in [1.165, 1.54) is 0 Å². The monoisotopic (exact) mass is 323 g/mol. The van der Waals surface area contributed by atoms with Crippen molar-refractivity contribution >= 4 is 17.7 Å². The van der Waals surface area contributed by atoms with Crippen LogP contribution in [0.25, 0.3) is 0 Å². The first-order chi connectivity index (χ1) is 10.5. The highest BCUT2D eigenvalue weighted by Crippen LogP contribution is 2.19. The lowest BCUT2D eigenvalue weighted by Crippen LogP contribution is -2.43. The largest absolute Gasteiger partial charge is 0.494 e. The Morgan fingerprint density at radius 2 is 2.05 bits per heavy atom. The normalized spacial score (nSPS) is 12.1. The highest BCUT2D eigenvalue weighted by Gasteiger charge is 2.15. The topological polar surface area (TPSA) is 45.7 Å². The zero-order chi connectivity index (χ0) is 16.4. The zero-order valence-electron chi connectivity index (χ0n) is 14.4. The average molecular weight is 324 g/mol. The van der Waals surface area contributed by atoms with Gasteiger partial charge >= 0.3 is 0 Å². The van der Waals surface area contributed by atoms with Crippen LogP contribution >= 0.6 is 11.8 Å². The van der Waals surface area contributed by atoms with Crippen LogP contribution in [0.1, 0.15) is 33.3 Å². The van der Waals surface area contributed by atoms with E-state index >= 15 is 0 Å². The minimum absolute atomic E-state index is 0.186. The first-order valence-electron chi connectivity index (χ1n) is 7.79. The number of hydrogen-bond donors (Lipinski definition) is 2. The molecule has 0 atom stereocenters. The third-order valence-electron chi connectivity index (χ3n) is 3.21. The molecule has 0 saturated carbocycles. The van der Waals surface area contributed by atoms with Gasteiger partial charge in [-0.25, -0.2) is 4.99 Å². The van der Waals surface area contributed by atoms with Crippen molar-refractivity contribution in [2.45, 2.75) is 39.0 Å². The summed E-state index contributed by atoms with van der Waals surface area (Å²) >= 11 is 1.85. The third kappa shape index (κ3) is 7.07. The number of nitrogens with zero attached hydrogens (tertiary/aromatic N) is 1. The summed E-state index contributed by atoms with van der Waals surface area (Å²) in [6.45, 7) is 11.6. The summed E-state index contributed by atoms with van der Waals surface area (Å²) in [6, 6.07) is 8.10. The van der Waals surface area contributed by atoms with E-state index in [1.807, 2.05) is 36.9 Å². The number of rotatable bonds is 8. The molecule has 22 heavy (non-hydrogen) atoms. The van der Waals surface area contributed by atoms with E-state index in [1.54, 1.807) is 0 Å². The third-order valence-corrected chi connectivity index (χ3v) is 4.46. The van der Waals surface area contributed by atoms with Crippen LogP contribution in [0.5, 0.6) is 5.75 Å². The van der Waals surface area contributed by atoms with Gasteiger partial charge in [0.15, 0.2) is 5.96 Å². The van der Waals surface area contributed by atoms with E-state index in [0.717, 1.165) is 30.4 Å². The Kier molecular flexibility index (Phi) is 8.17. The average Bonchev–Trinajstić information content (AvgIpc) is 2.51. The van der Waals surface area contributed by atoms with Gasteiger partial charge in [-0.15, -0.1) is 0 Å². The van der Waals surface area contributed by atoms with Gasteiger partial charge in [0.1, 0.15) is 5.75 Å². The van der Waals surface area contributed by atoms with E-state index in [0.29, 0.717) is 13.2 Å². The molecule has 0 aliphatic heterocycles. The molecule has 0 aliphatic rings. The molecule has 0 aliphatic carbocycles. The molecule has 5 heteroatoms. The molecule has 0 bridgehead atoms. The summed E-state index contributed by atoms with van der Waals surface area (Å²) in [7, 11) is 0. The first kappa shape index (κ1) is 18.7. The van der Waals surface area contributed by atoms with E-state index in [2.05, 4.69) is 48.7 Å². The molecule has 4 nitrogen and oxygen atoms in total. The Bertz CT molecular complexity index is 475. The number of ether oxygens (including phenoxy) is 1. The number of benzene rings is 1. The van der Waals surface area contributed by atoms with Crippen LogP contribution < -0.4 is 15.4 Å². The molecule has 0 fully saturated rings. The summed E-state index contributed by atoms with van der Waals surface area (Å²) in [5.74, 6) is 1.75. The number of thioether (sulfide) groups is 1. The van der Waals surface area contributed by atoms with Crippen molar-refractivity contribution in [3.63, 3.8) is 0 Å². The number of nitrogens with one attached hydrogen (secondary N) is 2. The van der Waals surface area contributed by atoms with Crippen LogP contribution in [-0.2, 0) is 6.54 Å². The van der Waals surface area contributed by atoms with Crippen LogP contribution in [0, 0.1) is 0 Å². The lowest BCUT2D eigenvalue weighted by Gasteiger charge is -2.23. The second-order valence-corrected chi connectivity index (χ2v) is 7.11. The summed E-state index contributed by atoms with van der Waals surface area (Å²) in [5.41, 5.74) is 1.15. The molecule has 0 heterocycles. The van der Waals surface area contributed by atoms with Gasteiger partial charge in [0.25, 0.3) is 0 Å². The maximum atomic E-state index is 5.53. The molecular weight excluding hydrogens is 294 g/mol. The maximum absolute atomic E-state index is 5.53. The molecule has 1 aromatic rings. The SMILES string of the molecule is CCNC(=NCc1cccc(OCC)c1)NCC(C)(C)SC. The summed E-state index contributed by atoms with van der Waals surface area (Å²) in [6.07, 6.45) is 2.13. The van der Waals surface area contributed by atoms with Crippen LogP contribution in [0.4, 0.5) is 0 Å². The van der Waals surface area contributed by atoms with Gasteiger partial charge < -0.3 is 15.4 Å². The summed E-state index contributed by atoms with van der Waals surface area (Å²) in [4.78, 5) is 4.65. The highest BCUT2D eigenvalue weighted by atomic mass is 32.2. The van der Waals surface area contributed by atoms with Crippen LogP contribution in [0.3, 0.4) is 0 Å². The van der Waals surface area contributed by atoms with E-state index < -0.39 is 0 Å². The zero-order valence-corrected chi connectivity index (χ0v) is 15.2. The molecule has 0 aromatic heterocycles. The fourth-order valence-electron chi connectivity index (χ4n) is 1.78. The van der Waals surface area contributed by atoms with E-state index in [-0.39, 0.29) is 4.75 Å².